The molecule has 2 N–H and O–H groups in total. The Balaban J connectivity index is 1.43. The number of benzene rings is 1. The molecule has 0 unspecified atom stereocenters. The first-order valence-electron chi connectivity index (χ1n) is 8.18. The topological polar surface area (TPSA) is 36.5 Å². The molecule has 2 aliphatic heterocycles. The summed E-state index contributed by atoms with van der Waals surface area (Å²) in [5.74, 6) is 0.943. The van der Waals surface area contributed by atoms with Crippen LogP contribution in [0.1, 0.15) is 31.7 Å². The number of ether oxygens (including phenoxy) is 1. The van der Waals surface area contributed by atoms with Gasteiger partial charge in [-0.05, 0) is 74.7 Å². The van der Waals surface area contributed by atoms with Gasteiger partial charge in [-0.3, -0.25) is 0 Å². The molecule has 0 saturated carbocycles. The molecule has 1 aromatic rings. The van der Waals surface area contributed by atoms with Crippen molar-refractivity contribution in [2.45, 2.75) is 32.2 Å². The molecular weight excluding hydrogens is 274 g/mol. The molecule has 1 saturated heterocycles. The third kappa shape index (κ3) is 3.83. The standard InChI is InChI=1S/C18H25N3O/c1-15-5-3-12-21(15)13-4-14-22-17-9-7-16(8-10-17)18-6-2-11-19-20-18/h2,6-11,15,19-20H,3-5,12-14H2,1H3/t15-/m1/s1. The molecule has 3 rings (SSSR count). The van der Waals surface area contributed by atoms with Crippen LogP contribution in [0.4, 0.5) is 0 Å². The quantitative estimate of drug-likeness (QED) is 0.792. The normalized spacial score (nSPS) is 21.1. The lowest BCUT2D eigenvalue weighted by molar-refractivity contribution is 0.230. The zero-order valence-corrected chi connectivity index (χ0v) is 13.2. The van der Waals surface area contributed by atoms with E-state index in [1.807, 2.05) is 30.5 Å². The Morgan fingerprint density at radius 2 is 2.14 bits per heavy atom. The average Bonchev–Trinajstić information content (AvgIpc) is 2.98. The minimum atomic E-state index is 0.748. The number of rotatable bonds is 6. The fourth-order valence-electron chi connectivity index (χ4n) is 3.04. The van der Waals surface area contributed by atoms with Gasteiger partial charge in [0.15, 0.2) is 0 Å². The molecular formula is C18H25N3O. The SMILES string of the molecule is C[C@@H]1CCCN1CCCOc1ccc(C2=CC=CNN2)cc1. The van der Waals surface area contributed by atoms with E-state index in [-0.39, 0.29) is 0 Å². The first-order valence-corrected chi connectivity index (χ1v) is 8.18. The summed E-state index contributed by atoms with van der Waals surface area (Å²) in [5.41, 5.74) is 8.32. The van der Waals surface area contributed by atoms with Crippen LogP contribution in [0.15, 0.2) is 42.6 Å². The van der Waals surface area contributed by atoms with Crippen molar-refractivity contribution in [2.75, 3.05) is 19.7 Å². The van der Waals surface area contributed by atoms with Gasteiger partial charge >= 0.3 is 0 Å². The molecule has 0 aliphatic carbocycles. The average molecular weight is 299 g/mol. The third-order valence-corrected chi connectivity index (χ3v) is 4.36. The second kappa shape index (κ2) is 7.36. The molecule has 4 nitrogen and oxygen atoms in total. The van der Waals surface area contributed by atoms with Crippen molar-refractivity contribution in [1.82, 2.24) is 15.8 Å². The summed E-state index contributed by atoms with van der Waals surface area (Å²) in [6, 6.07) is 8.98. The van der Waals surface area contributed by atoms with Gasteiger partial charge in [0.25, 0.3) is 0 Å². The molecule has 0 radical (unpaired) electrons. The maximum Gasteiger partial charge on any atom is 0.119 e. The molecule has 1 fully saturated rings. The zero-order chi connectivity index (χ0) is 15.2. The lowest BCUT2D eigenvalue weighted by Crippen LogP contribution is -2.28. The zero-order valence-electron chi connectivity index (χ0n) is 13.2. The van der Waals surface area contributed by atoms with Gasteiger partial charge < -0.3 is 20.5 Å². The van der Waals surface area contributed by atoms with Gasteiger partial charge in [-0.1, -0.05) is 0 Å². The third-order valence-electron chi connectivity index (χ3n) is 4.36. The van der Waals surface area contributed by atoms with E-state index in [1.165, 1.54) is 19.4 Å². The number of likely N-dealkylation sites (tertiary alicyclic amines) is 1. The molecule has 0 amide bonds. The number of hydrazine groups is 1. The Kier molecular flexibility index (Phi) is 5.01. The Bertz CT molecular complexity index is 536. The first kappa shape index (κ1) is 15.0. The van der Waals surface area contributed by atoms with Crippen LogP contribution < -0.4 is 15.6 Å². The summed E-state index contributed by atoms with van der Waals surface area (Å²) in [5, 5.41) is 0. The maximum atomic E-state index is 5.85. The molecule has 118 valence electrons. The summed E-state index contributed by atoms with van der Waals surface area (Å²) in [7, 11) is 0. The number of hydrogen-bond acceptors (Lipinski definition) is 4. The molecule has 4 heteroatoms. The fraction of sp³-hybridized carbons (Fsp3) is 0.444. The minimum absolute atomic E-state index is 0.748. The van der Waals surface area contributed by atoms with Crippen molar-refractivity contribution in [2.24, 2.45) is 0 Å². The molecule has 2 heterocycles. The van der Waals surface area contributed by atoms with Crippen LogP contribution in [0, 0.1) is 0 Å². The van der Waals surface area contributed by atoms with Crippen LogP contribution in [-0.2, 0) is 0 Å². The van der Waals surface area contributed by atoms with E-state index in [1.54, 1.807) is 0 Å². The van der Waals surface area contributed by atoms with E-state index in [0.717, 1.165) is 42.6 Å². The van der Waals surface area contributed by atoms with Crippen molar-refractivity contribution in [1.29, 1.82) is 0 Å². The molecule has 2 aliphatic rings. The van der Waals surface area contributed by atoms with E-state index < -0.39 is 0 Å². The van der Waals surface area contributed by atoms with E-state index in [2.05, 4.69) is 34.8 Å². The molecule has 22 heavy (non-hydrogen) atoms. The highest BCUT2D eigenvalue weighted by atomic mass is 16.5. The van der Waals surface area contributed by atoms with Crippen molar-refractivity contribution >= 4 is 5.70 Å². The lowest BCUT2D eigenvalue weighted by Gasteiger charge is -2.20. The van der Waals surface area contributed by atoms with E-state index >= 15 is 0 Å². The predicted molar refractivity (Wildman–Crippen MR) is 90.2 cm³/mol. The van der Waals surface area contributed by atoms with E-state index in [4.69, 9.17) is 4.74 Å². The van der Waals surface area contributed by atoms with E-state index in [0.29, 0.717) is 0 Å². The van der Waals surface area contributed by atoms with Crippen LogP contribution in [0.3, 0.4) is 0 Å². The van der Waals surface area contributed by atoms with Crippen molar-refractivity contribution < 1.29 is 4.74 Å². The van der Waals surface area contributed by atoms with Crippen molar-refractivity contribution in [3.8, 4) is 5.75 Å². The second-order valence-electron chi connectivity index (χ2n) is 5.96. The van der Waals surface area contributed by atoms with Crippen molar-refractivity contribution in [3.05, 3.63) is 48.2 Å². The van der Waals surface area contributed by atoms with Crippen LogP contribution in [0.25, 0.3) is 5.70 Å². The Morgan fingerprint density at radius 3 is 2.82 bits per heavy atom. The van der Waals surface area contributed by atoms with Gasteiger partial charge in [-0.2, -0.15) is 0 Å². The minimum Gasteiger partial charge on any atom is -0.494 e. The molecule has 0 bridgehead atoms. The van der Waals surface area contributed by atoms with Crippen LogP contribution in [-0.4, -0.2) is 30.6 Å². The molecule has 0 aromatic heterocycles. The van der Waals surface area contributed by atoms with Gasteiger partial charge in [-0.25, -0.2) is 0 Å². The van der Waals surface area contributed by atoms with Gasteiger partial charge in [0.1, 0.15) is 5.75 Å². The fourth-order valence-corrected chi connectivity index (χ4v) is 3.04. The highest BCUT2D eigenvalue weighted by molar-refractivity contribution is 5.66. The molecule has 0 spiro atoms. The summed E-state index contributed by atoms with van der Waals surface area (Å²) in [6.07, 6.45) is 9.67. The monoisotopic (exact) mass is 299 g/mol. The summed E-state index contributed by atoms with van der Waals surface area (Å²) in [6.45, 7) is 5.51. The number of hydrogen-bond donors (Lipinski definition) is 2. The Hall–Kier alpha value is -1.94. The number of nitrogens with zero attached hydrogens (tertiary/aromatic N) is 1. The van der Waals surface area contributed by atoms with Crippen LogP contribution in [0.2, 0.25) is 0 Å². The van der Waals surface area contributed by atoms with Gasteiger partial charge in [0.05, 0.1) is 12.3 Å². The summed E-state index contributed by atoms with van der Waals surface area (Å²) in [4.78, 5) is 2.56. The largest absolute Gasteiger partial charge is 0.494 e. The van der Waals surface area contributed by atoms with Gasteiger partial charge in [0.2, 0.25) is 0 Å². The Morgan fingerprint density at radius 1 is 1.27 bits per heavy atom. The van der Waals surface area contributed by atoms with E-state index in [9.17, 15) is 0 Å². The second-order valence-corrected chi connectivity index (χ2v) is 5.96. The number of allylic oxidation sites excluding steroid dienone is 2. The lowest BCUT2D eigenvalue weighted by atomic mass is 10.1. The first-order chi connectivity index (χ1) is 10.8. The van der Waals surface area contributed by atoms with Crippen LogP contribution >= 0.6 is 0 Å². The van der Waals surface area contributed by atoms with Gasteiger partial charge in [-0.15, -0.1) is 0 Å². The van der Waals surface area contributed by atoms with Gasteiger partial charge in [0, 0.05) is 18.8 Å². The predicted octanol–water partition coefficient (Wildman–Crippen LogP) is 2.90. The van der Waals surface area contributed by atoms with Crippen molar-refractivity contribution in [3.63, 3.8) is 0 Å². The highest BCUT2D eigenvalue weighted by Gasteiger charge is 2.18. The maximum absolute atomic E-state index is 5.85. The van der Waals surface area contributed by atoms with Crippen LogP contribution in [0.5, 0.6) is 5.75 Å². The highest BCUT2D eigenvalue weighted by Crippen LogP contribution is 2.19. The molecule has 1 atom stereocenters. The summed E-state index contributed by atoms with van der Waals surface area (Å²) < 4.78 is 5.85. The Labute approximate surface area is 132 Å². The number of nitrogens with one attached hydrogen (secondary N) is 2. The smallest absolute Gasteiger partial charge is 0.119 e. The molecule has 1 aromatic carbocycles. The summed E-state index contributed by atoms with van der Waals surface area (Å²) >= 11 is 0.